The van der Waals surface area contributed by atoms with Crippen LogP contribution in [0.2, 0.25) is 0 Å². The molecule has 1 rings (SSSR count). The van der Waals surface area contributed by atoms with Crippen LogP contribution in [0.4, 0.5) is 0 Å². The summed E-state index contributed by atoms with van der Waals surface area (Å²) in [6.07, 6.45) is 2.63. The highest BCUT2D eigenvalue weighted by molar-refractivity contribution is 5.94. The quantitative estimate of drug-likeness (QED) is 0.164. The standard InChI is InChI=1S/C22H36N6O7/c1-11(2)5-15(26-19(31)14(23)8-18(29)30)20(32)27-16(7-13-9-24-10-25-13)21(33)28-17(22(34)35)6-12(3)4/h9-12,14-17H,5-8,23H2,1-4H3,(H,24,25)(H,26,31)(H,27,32)(H,28,33)(H,29,30)(H,34,35). The van der Waals surface area contributed by atoms with Gasteiger partial charge in [-0.05, 0) is 24.7 Å². The van der Waals surface area contributed by atoms with Crippen LogP contribution in [0.1, 0.15) is 52.7 Å². The third-order valence-electron chi connectivity index (χ3n) is 5.00. The van der Waals surface area contributed by atoms with Crippen molar-refractivity contribution < 1.29 is 34.2 Å². The van der Waals surface area contributed by atoms with Gasteiger partial charge < -0.3 is 36.9 Å². The van der Waals surface area contributed by atoms with E-state index >= 15 is 0 Å². The molecule has 3 amide bonds. The highest BCUT2D eigenvalue weighted by atomic mass is 16.4. The number of carbonyl (C=O) groups excluding carboxylic acids is 3. The summed E-state index contributed by atoms with van der Waals surface area (Å²) in [5.41, 5.74) is 6.13. The van der Waals surface area contributed by atoms with E-state index in [1.54, 1.807) is 0 Å². The van der Waals surface area contributed by atoms with Crippen LogP contribution < -0.4 is 21.7 Å². The number of carboxylic acid groups (broad SMARTS) is 2. The summed E-state index contributed by atoms with van der Waals surface area (Å²) in [5, 5.41) is 25.8. The number of imidazole rings is 1. The number of aliphatic carboxylic acids is 2. The monoisotopic (exact) mass is 496 g/mol. The van der Waals surface area contributed by atoms with Crippen LogP contribution in [0.25, 0.3) is 0 Å². The molecule has 1 heterocycles. The Bertz CT molecular complexity index is 872. The molecule has 35 heavy (non-hydrogen) atoms. The highest BCUT2D eigenvalue weighted by Crippen LogP contribution is 2.09. The van der Waals surface area contributed by atoms with Gasteiger partial charge in [-0.25, -0.2) is 9.78 Å². The van der Waals surface area contributed by atoms with Gasteiger partial charge in [0.05, 0.1) is 18.8 Å². The van der Waals surface area contributed by atoms with Gasteiger partial charge in [0.15, 0.2) is 0 Å². The Labute approximate surface area is 203 Å². The molecule has 0 aliphatic rings. The fourth-order valence-corrected chi connectivity index (χ4v) is 3.33. The number of rotatable bonds is 15. The van der Waals surface area contributed by atoms with Gasteiger partial charge in [0.1, 0.15) is 18.1 Å². The average Bonchev–Trinajstić information content (AvgIpc) is 3.24. The van der Waals surface area contributed by atoms with Crippen LogP contribution in [-0.4, -0.2) is 74.0 Å². The average molecular weight is 497 g/mol. The van der Waals surface area contributed by atoms with E-state index in [1.165, 1.54) is 12.5 Å². The lowest BCUT2D eigenvalue weighted by molar-refractivity contribution is -0.142. The van der Waals surface area contributed by atoms with E-state index in [9.17, 15) is 29.1 Å². The summed E-state index contributed by atoms with van der Waals surface area (Å²) in [4.78, 5) is 67.6. The van der Waals surface area contributed by atoms with Crippen molar-refractivity contribution in [2.24, 2.45) is 17.6 Å². The smallest absolute Gasteiger partial charge is 0.326 e. The molecule has 196 valence electrons. The number of hydrogen-bond acceptors (Lipinski definition) is 7. The van der Waals surface area contributed by atoms with Gasteiger partial charge in [0, 0.05) is 18.3 Å². The maximum Gasteiger partial charge on any atom is 0.326 e. The lowest BCUT2D eigenvalue weighted by Crippen LogP contribution is -2.58. The summed E-state index contributed by atoms with van der Waals surface area (Å²) in [7, 11) is 0. The molecule has 0 saturated carbocycles. The second kappa shape index (κ2) is 14.0. The van der Waals surface area contributed by atoms with Crippen molar-refractivity contribution in [1.82, 2.24) is 25.9 Å². The second-order valence-electron chi connectivity index (χ2n) is 9.27. The molecule has 13 heteroatoms. The van der Waals surface area contributed by atoms with Crippen molar-refractivity contribution in [3.63, 3.8) is 0 Å². The number of carboxylic acids is 2. The molecule has 0 aliphatic carbocycles. The maximum absolute atomic E-state index is 13.1. The van der Waals surface area contributed by atoms with E-state index < -0.39 is 60.2 Å². The van der Waals surface area contributed by atoms with E-state index in [1.807, 2.05) is 27.7 Å². The molecule has 0 spiro atoms. The second-order valence-corrected chi connectivity index (χ2v) is 9.27. The van der Waals surface area contributed by atoms with Gasteiger partial charge in [0.25, 0.3) is 0 Å². The van der Waals surface area contributed by atoms with E-state index in [-0.39, 0.29) is 31.1 Å². The Balaban J connectivity index is 3.07. The van der Waals surface area contributed by atoms with Gasteiger partial charge >= 0.3 is 11.9 Å². The first-order chi connectivity index (χ1) is 16.3. The van der Waals surface area contributed by atoms with Crippen LogP contribution >= 0.6 is 0 Å². The largest absolute Gasteiger partial charge is 0.481 e. The molecule has 0 bridgehead atoms. The number of nitrogens with zero attached hydrogens (tertiary/aromatic N) is 1. The maximum atomic E-state index is 13.1. The zero-order valence-corrected chi connectivity index (χ0v) is 20.4. The predicted octanol–water partition coefficient (Wildman–Crippen LogP) is -0.615. The first-order valence-electron chi connectivity index (χ1n) is 11.4. The van der Waals surface area contributed by atoms with E-state index in [0.717, 1.165) is 0 Å². The normalized spacial score (nSPS) is 14.6. The van der Waals surface area contributed by atoms with E-state index in [4.69, 9.17) is 10.8 Å². The Morgan fingerprint density at radius 2 is 1.40 bits per heavy atom. The minimum absolute atomic E-state index is 0.00214. The molecule has 0 fully saturated rings. The summed E-state index contributed by atoms with van der Waals surface area (Å²) in [6, 6.07) is -4.77. The molecule has 0 aromatic carbocycles. The number of hydrogen-bond donors (Lipinski definition) is 7. The number of aromatic amines is 1. The third kappa shape index (κ3) is 11.0. The van der Waals surface area contributed by atoms with Crippen molar-refractivity contribution in [2.75, 3.05) is 0 Å². The number of amides is 3. The SMILES string of the molecule is CC(C)CC(NC(=O)C(Cc1cnc[nH]1)NC(=O)C(CC(C)C)NC(=O)C(N)CC(=O)O)C(=O)O. The van der Waals surface area contributed by atoms with Crippen LogP contribution in [0.5, 0.6) is 0 Å². The first-order valence-corrected chi connectivity index (χ1v) is 11.4. The minimum atomic E-state index is -1.36. The van der Waals surface area contributed by atoms with Gasteiger partial charge in [-0.3, -0.25) is 19.2 Å². The Morgan fingerprint density at radius 1 is 0.886 bits per heavy atom. The molecule has 4 atom stereocenters. The molecule has 0 aliphatic heterocycles. The molecule has 4 unspecified atom stereocenters. The van der Waals surface area contributed by atoms with Crippen LogP contribution in [0.3, 0.4) is 0 Å². The van der Waals surface area contributed by atoms with Crippen molar-refractivity contribution in [3.05, 3.63) is 18.2 Å². The molecule has 8 N–H and O–H groups in total. The molecule has 0 saturated heterocycles. The summed E-state index contributed by atoms with van der Waals surface area (Å²) < 4.78 is 0. The number of carbonyl (C=O) groups is 5. The highest BCUT2D eigenvalue weighted by Gasteiger charge is 2.31. The summed E-state index contributed by atoms with van der Waals surface area (Å²) in [5.74, 6) is -4.71. The van der Waals surface area contributed by atoms with Crippen molar-refractivity contribution in [1.29, 1.82) is 0 Å². The minimum Gasteiger partial charge on any atom is -0.481 e. The van der Waals surface area contributed by atoms with Crippen LogP contribution in [0, 0.1) is 11.8 Å². The predicted molar refractivity (Wildman–Crippen MR) is 125 cm³/mol. The Kier molecular flexibility index (Phi) is 11.9. The lowest BCUT2D eigenvalue weighted by atomic mass is 10.0. The number of H-pyrrole nitrogens is 1. The van der Waals surface area contributed by atoms with Gasteiger partial charge in [0.2, 0.25) is 17.7 Å². The Hall–Kier alpha value is -3.48. The third-order valence-corrected chi connectivity index (χ3v) is 5.00. The fourth-order valence-electron chi connectivity index (χ4n) is 3.33. The molecule has 1 aromatic rings. The van der Waals surface area contributed by atoms with Crippen molar-refractivity contribution in [2.45, 2.75) is 77.5 Å². The molecule has 1 aromatic heterocycles. The van der Waals surface area contributed by atoms with Crippen LogP contribution in [-0.2, 0) is 30.4 Å². The van der Waals surface area contributed by atoms with E-state index in [2.05, 4.69) is 25.9 Å². The topological polar surface area (TPSA) is 217 Å². The van der Waals surface area contributed by atoms with Gasteiger partial charge in [-0.2, -0.15) is 0 Å². The zero-order valence-electron chi connectivity index (χ0n) is 20.4. The van der Waals surface area contributed by atoms with Gasteiger partial charge in [-0.15, -0.1) is 0 Å². The molecule has 13 nitrogen and oxygen atoms in total. The first kappa shape index (κ1) is 29.6. The number of nitrogens with one attached hydrogen (secondary N) is 4. The van der Waals surface area contributed by atoms with Crippen molar-refractivity contribution in [3.8, 4) is 0 Å². The summed E-state index contributed by atoms with van der Waals surface area (Å²) >= 11 is 0. The number of nitrogens with two attached hydrogens (primary N) is 1. The van der Waals surface area contributed by atoms with E-state index in [0.29, 0.717) is 5.69 Å². The summed E-state index contributed by atoms with van der Waals surface area (Å²) in [6.45, 7) is 7.28. The number of aromatic nitrogens is 2. The van der Waals surface area contributed by atoms with Gasteiger partial charge in [-0.1, -0.05) is 27.7 Å². The lowest BCUT2D eigenvalue weighted by Gasteiger charge is -2.26. The molecular formula is C22H36N6O7. The van der Waals surface area contributed by atoms with Crippen molar-refractivity contribution >= 4 is 29.7 Å². The van der Waals surface area contributed by atoms with Crippen LogP contribution in [0.15, 0.2) is 12.5 Å². The Morgan fingerprint density at radius 3 is 1.89 bits per heavy atom. The molecule has 0 radical (unpaired) electrons. The molecular weight excluding hydrogens is 460 g/mol. The fraction of sp³-hybridized carbons (Fsp3) is 0.636. The zero-order chi connectivity index (χ0) is 26.7.